The van der Waals surface area contributed by atoms with Gasteiger partial charge < -0.3 is 9.47 Å². The largest absolute Gasteiger partial charge is 0.490 e. The maximum absolute atomic E-state index is 12.9. The van der Waals surface area contributed by atoms with Gasteiger partial charge >= 0.3 is 0 Å². The van der Waals surface area contributed by atoms with Gasteiger partial charge in [-0.3, -0.25) is 4.79 Å². The maximum Gasteiger partial charge on any atom is 0.163 e. The van der Waals surface area contributed by atoms with E-state index in [1.165, 1.54) is 25.1 Å². The average molecular weight is 210 g/mol. The Labute approximate surface area is 86.8 Å². The van der Waals surface area contributed by atoms with Gasteiger partial charge in [0.25, 0.3) is 0 Å². The molecule has 1 aromatic rings. The number of hydrogen-bond donors (Lipinski definition) is 0. The smallest absolute Gasteiger partial charge is 0.163 e. The summed E-state index contributed by atoms with van der Waals surface area (Å²) in [7, 11) is 0. The van der Waals surface area contributed by atoms with Gasteiger partial charge in [0, 0.05) is 6.07 Å². The monoisotopic (exact) mass is 210 g/mol. The molecule has 4 heteroatoms. The van der Waals surface area contributed by atoms with Crippen LogP contribution in [0.25, 0.3) is 0 Å². The summed E-state index contributed by atoms with van der Waals surface area (Å²) in [6.45, 7) is 2.46. The van der Waals surface area contributed by atoms with Gasteiger partial charge in [0.15, 0.2) is 5.78 Å². The lowest BCUT2D eigenvalue weighted by molar-refractivity contribution is 0.101. The van der Waals surface area contributed by atoms with Gasteiger partial charge in [-0.25, -0.2) is 4.39 Å². The third-order valence-corrected chi connectivity index (χ3v) is 2.15. The minimum absolute atomic E-state index is 0.0908. The molecule has 2 rings (SSSR count). The fraction of sp³-hybridized carbons (Fsp3) is 0.364. The van der Waals surface area contributed by atoms with Crippen LogP contribution in [0.1, 0.15) is 17.3 Å². The van der Waals surface area contributed by atoms with Crippen molar-refractivity contribution in [2.45, 2.75) is 13.0 Å². The molecule has 1 saturated heterocycles. The number of rotatable bonds is 4. The van der Waals surface area contributed by atoms with E-state index < -0.39 is 5.82 Å². The summed E-state index contributed by atoms with van der Waals surface area (Å²) in [6, 6.07) is 3.90. The zero-order valence-electron chi connectivity index (χ0n) is 8.33. The number of carbonyl (C=O) groups excluding carboxylic acids is 1. The molecule has 1 aromatic carbocycles. The number of Topliss-reactive ketones (excluding diaryl/α,β-unsaturated/α-hetero) is 1. The van der Waals surface area contributed by atoms with Crippen molar-refractivity contribution in [1.82, 2.24) is 0 Å². The number of ether oxygens (including phenoxy) is 2. The first kappa shape index (κ1) is 10.1. The van der Waals surface area contributed by atoms with Crippen LogP contribution in [0.3, 0.4) is 0 Å². The van der Waals surface area contributed by atoms with Crippen LogP contribution in [0.5, 0.6) is 5.75 Å². The molecule has 0 amide bonds. The summed E-state index contributed by atoms with van der Waals surface area (Å²) in [4.78, 5) is 11.2. The minimum Gasteiger partial charge on any atom is -0.490 e. The van der Waals surface area contributed by atoms with Crippen LogP contribution in [0, 0.1) is 5.82 Å². The van der Waals surface area contributed by atoms with Gasteiger partial charge in [-0.15, -0.1) is 0 Å². The van der Waals surface area contributed by atoms with Crippen molar-refractivity contribution in [3.8, 4) is 5.75 Å². The van der Waals surface area contributed by atoms with Crippen molar-refractivity contribution in [3.63, 3.8) is 0 Å². The molecule has 3 nitrogen and oxygen atoms in total. The highest BCUT2D eigenvalue weighted by molar-refractivity contribution is 5.96. The van der Waals surface area contributed by atoms with Gasteiger partial charge in [-0.2, -0.15) is 0 Å². The second kappa shape index (κ2) is 3.98. The molecular formula is C11H11FO3. The van der Waals surface area contributed by atoms with E-state index in [1.807, 2.05) is 0 Å². The van der Waals surface area contributed by atoms with Gasteiger partial charge in [0.05, 0.1) is 12.2 Å². The fourth-order valence-corrected chi connectivity index (χ4v) is 1.25. The van der Waals surface area contributed by atoms with Crippen LogP contribution in [0.4, 0.5) is 4.39 Å². The van der Waals surface area contributed by atoms with E-state index in [0.717, 1.165) is 0 Å². The number of halogens is 1. The van der Waals surface area contributed by atoms with Crippen LogP contribution in [-0.4, -0.2) is 25.1 Å². The van der Waals surface area contributed by atoms with E-state index in [-0.39, 0.29) is 17.6 Å². The third kappa shape index (κ3) is 2.53. The molecule has 1 atom stereocenters. The van der Waals surface area contributed by atoms with E-state index in [2.05, 4.69) is 0 Å². The summed E-state index contributed by atoms with van der Waals surface area (Å²) < 4.78 is 23.2. The van der Waals surface area contributed by atoms with Crippen molar-refractivity contribution in [1.29, 1.82) is 0 Å². The topological polar surface area (TPSA) is 38.8 Å². The molecule has 0 aromatic heterocycles. The third-order valence-electron chi connectivity index (χ3n) is 2.15. The number of benzene rings is 1. The average Bonchev–Trinajstić information content (AvgIpc) is 2.97. The Bertz CT molecular complexity index is 385. The molecule has 0 saturated carbocycles. The van der Waals surface area contributed by atoms with Gasteiger partial charge in [0.1, 0.15) is 24.3 Å². The SMILES string of the molecule is CC(=O)c1ccc(F)cc1OCC1CO1. The predicted octanol–water partition coefficient (Wildman–Crippen LogP) is 1.81. The van der Waals surface area contributed by atoms with E-state index in [4.69, 9.17) is 9.47 Å². The van der Waals surface area contributed by atoms with Crippen LogP contribution in [0.2, 0.25) is 0 Å². The highest BCUT2D eigenvalue weighted by Crippen LogP contribution is 2.22. The van der Waals surface area contributed by atoms with Crippen LogP contribution < -0.4 is 4.74 Å². The van der Waals surface area contributed by atoms with Crippen LogP contribution >= 0.6 is 0 Å². The lowest BCUT2D eigenvalue weighted by Crippen LogP contribution is -2.07. The van der Waals surface area contributed by atoms with Crippen molar-refractivity contribution in [3.05, 3.63) is 29.6 Å². The fourth-order valence-electron chi connectivity index (χ4n) is 1.25. The lowest BCUT2D eigenvalue weighted by Gasteiger charge is -2.08. The molecule has 0 aliphatic carbocycles. The lowest BCUT2D eigenvalue weighted by atomic mass is 10.1. The number of ketones is 1. The molecule has 0 N–H and O–H groups in total. The first-order valence-electron chi connectivity index (χ1n) is 4.71. The molecule has 1 heterocycles. The Morgan fingerprint density at radius 3 is 3.00 bits per heavy atom. The highest BCUT2D eigenvalue weighted by Gasteiger charge is 2.23. The Kier molecular flexibility index (Phi) is 2.68. The second-order valence-electron chi connectivity index (χ2n) is 3.46. The molecule has 0 bridgehead atoms. The Morgan fingerprint density at radius 2 is 2.40 bits per heavy atom. The molecule has 15 heavy (non-hydrogen) atoms. The van der Waals surface area contributed by atoms with E-state index >= 15 is 0 Å². The van der Waals surface area contributed by atoms with Gasteiger partial charge in [-0.05, 0) is 19.1 Å². The van der Waals surface area contributed by atoms with Crippen molar-refractivity contribution in [2.24, 2.45) is 0 Å². The van der Waals surface area contributed by atoms with Gasteiger partial charge in [-0.1, -0.05) is 0 Å². The molecule has 1 fully saturated rings. The normalized spacial score (nSPS) is 18.7. The Morgan fingerprint density at radius 1 is 1.67 bits per heavy atom. The number of carbonyl (C=O) groups is 1. The van der Waals surface area contributed by atoms with Crippen LogP contribution in [0.15, 0.2) is 18.2 Å². The predicted molar refractivity (Wildman–Crippen MR) is 51.6 cm³/mol. The quantitative estimate of drug-likeness (QED) is 0.562. The Balaban J connectivity index is 2.16. The van der Waals surface area contributed by atoms with E-state index in [9.17, 15) is 9.18 Å². The van der Waals surface area contributed by atoms with Gasteiger partial charge in [0.2, 0.25) is 0 Å². The Hall–Kier alpha value is -1.42. The first-order chi connectivity index (χ1) is 7.16. The number of epoxide rings is 1. The standard InChI is InChI=1S/C11H11FO3/c1-7(13)10-3-2-8(12)4-11(10)15-6-9-5-14-9/h2-4,9H,5-6H2,1H3. The maximum atomic E-state index is 12.9. The molecule has 1 aliphatic rings. The molecule has 0 spiro atoms. The summed E-state index contributed by atoms with van der Waals surface area (Å²) in [5, 5.41) is 0. The summed E-state index contributed by atoms with van der Waals surface area (Å²) >= 11 is 0. The van der Waals surface area contributed by atoms with Crippen molar-refractivity contribution < 1.29 is 18.7 Å². The first-order valence-corrected chi connectivity index (χ1v) is 4.71. The molecule has 80 valence electrons. The van der Waals surface area contributed by atoms with E-state index in [0.29, 0.717) is 18.8 Å². The molecule has 1 unspecified atom stereocenters. The molecular weight excluding hydrogens is 199 g/mol. The summed E-state index contributed by atoms with van der Waals surface area (Å²) in [5.41, 5.74) is 0.400. The van der Waals surface area contributed by atoms with Crippen molar-refractivity contribution in [2.75, 3.05) is 13.2 Å². The van der Waals surface area contributed by atoms with E-state index in [1.54, 1.807) is 0 Å². The second-order valence-corrected chi connectivity index (χ2v) is 3.46. The van der Waals surface area contributed by atoms with Crippen molar-refractivity contribution >= 4 is 5.78 Å². The zero-order chi connectivity index (χ0) is 10.8. The zero-order valence-corrected chi connectivity index (χ0v) is 8.33. The molecule has 1 aliphatic heterocycles. The van der Waals surface area contributed by atoms with Crippen LogP contribution in [-0.2, 0) is 4.74 Å². The minimum atomic E-state index is -0.410. The molecule has 0 radical (unpaired) electrons. The number of hydrogen-bond acceptors (Lipinski definition) is 3. The highest BCUT2D eigenvalue weighted by atomic mass is 19.1. The summed E-state index contributed by atoms with van der Waals surface area (Å²) in [6.07, 6.45) is 0.0908. The summed E-state index contributed by atoms with van der Waals surface area (Å²) in [5.74, 6) is -0.258.